The lowest BCUT2D eigenvalue weighted by molar-refractivity contribution is 0.466. The molecule has 8 heteroatoms. The topological polar surface area (TPSA) is 88.3 Å². The number of hydrogen-bond acceptors (Lipinski definition) is 5. The van der Waals surface area contributed by atoms with Gasteiger partial charge in [-0.2, -0.15) is 4.31 Å². The van der Waals surface area contributed by atoms with E-state index in [1.165, 1.54) is 49.8 Å². The molecule has 1 aromatic carbocycles. The number of hydrazine groups is 1. The van der Waals surface area contributed by atoms with Gasteiger partial charge in [0.2, 0.25) is 10.0 Å². The van der Waals surface area contributed by atoms with Crippen molar-refractivity contribution in [1.29, 1.82) is 0 Å². The smallest absolute Gasteiger partial charge is 0.246 e. The molecular formula is C13H15FN4O2S. The number of benzene rings is 1. The van der Waals surface area contributed by atoms with E-state index in [1.54, 1.807) is 0 Å². The van der Waals surface area contributed by atoms with Crippen LogP contribution in [0.15, 0.2) is 47.6 Å². The van der Waals surface area contributed by atoms with Gasteiger partial charge in [-0.3, -0.25) is 10.8 Å². The zero-order chi connectivity index (χ0) is 15.5. The van der Waals surface area contributed by atoms with Gasteiger partial charge in [-0.15, -0.1) is 0 Å². The third kappa shape index (κ3) is 3.35. The molecular weight excluding hydrogens is 295 g/mol. The molecule has 0 aliphatic carbocycles. The summed E-state index contributed by atoms with van der Waals surface area (Å²) in [7, 11) is -2.32. The molecule has 0 aliphatic heterocycles. The Kier molecular flexibility index (Phi) is 4.51. The summed E-state index contributed by atoms with van der Waals surface area (Å²) < 4.78 is 39.0. The van der Waals surface area contributed by atoms with E-state index in [4.69, 9.17) is 5.84 Å². The van der Waals surface area contributed by atoms with Gasteiger partial charge in [0.25, 0.3) is 0 Å². The van der Waals surface area contributed by atoms with E-state index >= 15 is 0 Å². The van der Waals surface area contributed by atoms with Crippen LogP contribution in [0.3, 0.4) is 0 Å². The third-order valence-corrected chi connectivity index (χ3v) is 4.78. The lowest BCUT2D eigenvalue weighted by Gasteiger charge is -2.18. The lowest BCUT2D eigenvalue weighted by atomic mass is 10.2. The fraction of sp³-hybridized carbons (Fsp3) is 0.154. The monoisotopic (exact) mass is 310 g/mol. The summed E-state index contributed by atoms with van der Waals surface area (Å²) in [6.45, 7) is 0.113. The first-order chi connectivity index (χ1) is 9.95. The molecule has 1 aromatic heterocycles. The molecule has 0 saturated heterocycles. The van der Waals surface area contributed by atoms with Crippen molar-refractivity contribution in [3.05, 3.63) is 54.1 Å². The second-order valence-electron chi connectivity index (χ2n) is 4.40. The van der Waals surface area contributed by atoms with Crippen LogP contribution >= 0.6 is 0 Å². The molecule has 0 atom stereocenters. The minimum absolute atomic E-state index is 0.0166. The number of nitrogens with zero attached hydrogens (tertiary/aromatic N) is 2. The van der Waals surface area contributed by atoms with E-state index in [9.17, 15) is 12.8 Å². The predicted octanol–water partition coefficient (Wildman–Crippen LogP) is 1.33. The number of halogens is 1. The number of pyridine rings is 1. The largest absolute Gasteiger partial charge is 0.323 e. The Balaban J connectivity index is 2.28. The molecule has 0 bridgehead atoms. The first-order valence-corrected chi connectivity index (χ1v) is 7.50. The molecule has 1 heterocycles. The van der Waals surface area contributed by atoms with Crippen molar-refractivity contribution >= 4 is 15.7 Å². The van der Waals surface area contributed by atoms with Crippen molar-refractivity contribution in [1.82, 2.24) is 9.29 Å². The Labute approximate surface area is 122 Å². The summed E-state index contributed by atoms with van der Waals surface area (Å²) in [6.07, 6.45) is 2.67. The number of nitrogen functional groups attached to an aromatic ring is 1. The molecule has 0 amide bonds. The molecule has 6 nitrogen and oxygen atoms in total. The minimum atomic E-state index is -3.76. The minimum Gasteiger partial charge on any atom is -0.323 e. The van der Waals surface area contributed by atoms with Crippen LogP contribution in [0.5, 0.6) is 0 Å². The fourth-order valence-electron chi connectivity index (χ4n) is 1.80. The highest BCUT2D eigenvalue weighted by molar-refractivity contribution is 7.89. The van der Waals surface area contributed by atoms with Gasteiger partial charge in [0.1, 0.15) is 10.7 Å². The first kappa shape index (κ1) is 15.4. The summed E-state index contributed by atoms with van der Waals surface area (Å²) in [6, 6.07) is 7.11. The van der Waals surface area contributed by atoms with Gasteiger partial charge < -0.3 is 5.43 Å². The second-order valence-corrected chi connectivity index (χ2v) is 6.42. The normalized spacial score (nSPS) is 11.6. The second kappa shape index (κ2) is 6.17. The van der Waals surface area contributed by atoms with Gasteiger partial charge >= 0.3 is 0 Å². The number of nitrogens with two attached hydrogens (primary N) is 1. The first-order valence-electron chi connectivity index (χ1n) is 6.06. The lowest BCUT2D eigenvalue weighted by Crippen LogP contribution is -2.28. The van der Waals surface area contributed by atoms with Crippen molar-refractivity contribution in [2.24, 2.45) is 5.84 Å². The SMILES string of the molecule is CN(Cc1ccc(F)cc1)S(=O)(=O)c1cnccc1NN. The molecule has 2 aromatic rings. The Morgan fingerprint density at radius 3 is 2.57 bits per heavy atom. The van der Waals surface area contributed by atoms with E-state index in [2.05, 4.69) is 10.4 Å². The summed E-state index contributed by atoms with van der Waals surface area (Å²) in [5, 5.41) is 0. The predicted molar refractivity (Wildman–Crippen MR) is 77.1 cm³/mol. The Bertz CT molecular complexity index is 719. The highest BCUT2D eigenvalue weighted by atomic mass is 32.2. The molecule has 0 radical (unpaired) electrons. The van der Waals surface area contributed by atoms with Gasteiger partial charge in [-0.1, -0.05) is 12.1 Å². The van der Waals surface area contributed by atoms with Crippen LogP contribution in [-0.4, -0.2) is 24.8 Å². The molecule has 112 valence electrons. The molecule has 21 heavy (non-hydrogen) atoms. The summed E-state index contributed by atoms with van der Waals surface area (Å²) >= 11 is 0. The third-order valence-electron chi connectivity index (χ3n) is 2.95. The van der Waals surface area contributed by atoms with E-state index < -0.39 is 10.0 Å². The molecule has 0 unspecified atom stereocenters. The average Bonchev–Trinajstić information content (AvgIpc) is 2.49. The van der Waals surface area contributed by atoms with Gasteiger partial charge in [-0.05, 0) is 23.8 Å². The van der Waals surface area contributed by atoms with Crippen LogP contribution < -0.4 is 11.3 Å². The zero-order valence-electron chi connectivity index (χ0n) is 11.3. The molecule has 0 fully saturated rings. The number of nitrogens with one attached hydrogen (secondary N) is 1. The maximum absolute atomic E-state index is 12.9. The van der Waals surface area contributed by atoms with Crippen molar-refractivity contribution in [2.45, 2.75) is 11.4 Å². The Hall–Kier alpha value is -2.03. The number of aromatic nitrogens is 1. The number of rotatable bonds is 5. The van der Waals surface area contributed by atoms with E-state index in [1.807, 2.05) is 0 Å². The molecule has 2 rings (SSSR count). The standard InChI is InChI=1S/C13H15FN4O2S/c1-18(9-10-2-4-11(14)5-3-10)21(19,20)13-8-16-7-6-12(13)17-15/h2-8H,9,15H2,1H3,(H,16,17). The van der Waals surface area contributed by atoms with Crippen LogP contribution in [0, 0.1) is 5.82 Å². The Morgan fingerprint density at radius 1 is 1.29 bits per heavy atom. The maximum Gasteiger partial charge on any atom is 0.246 e. The van der Waals surface area contributed by atoms with E-state index in [0.717, 1.165) is 4.31 Å². The number of anilines is 1. The van der Waals surface area contributed by atoms with Crippen LogP contribution in [0.2, 0.25) is 0 Å². The van der Waals surface area contributed by atoms with Crippen molar-refractivity contribution in [3.63, 3.8) is 0 Å². The Morgan fingerprint density at radius 2 is 1.95 bits per heavy atom. The molecule has 3 N–H and O–H groups in total. The quantitative estimate of drug-likeness (QED) is 0.642. The maximum atomic E-state index is 12.9. The van der Waals surface area contributed by atoms with E-state index in [0.29, 0.717) is 5.56 Å². The van der Waals surface area contributed by atoms with Crippen molar-refractivity contribution < 1.29 is 12.8 Å². The number of hydrogen-bond donors (Lipinski definition) is 2. The average molecular weight is 310 g/mol. The zero-order valence-corrected chi connectivity index (χ0v) is 12.1. The van der Waals surface area contributed by atoms with Crippen molar-refractivity contribution in [2.75, 3.05) is 12.5 Å². The summed E-state index contributed by atoms with van der Waals surface area (Å²) in [5.41, 5.74) is 3.27. The number of sulfonamides is 1. The van der Waals surface area contributed by atoms with Crippen LogP contribution in [0.1, 0.15) is 5.56 Å². The van der Waals surface area contributed by atoms with Crippen LogP contribution in [-0.2, 0) is 16.6 Å². The summed E-state index contributed by atoms with van der Waals surface area (Å²) in [5.74, 6) is 4.94. The van der Waals surface area contributed by atoms with Crippen molar-refractivity contribution in [3.8, 4) is 0 Å². The van der Waals surface area contributed by atoms with Gasteiger partial charge in [0.05, 0.1) is 5.69 Å². The molecule has 0 saturated carbocycles. The van der Waals surface area contributed by atoms with Gasteiger partial charge in [-0.25, -0.2) is 12.8 Å². The highest BCUT2D eigenvalue weighted by Crippen LogP contribution is 2.23. The van der Waals surface area contributed by atoms with Crippen LogP contribution in [0.25, 0.3) is 0 Å². The molecule has 0 aliphatic rings. The van der Waals surface area contributed by atoms with Crippen LogP contribution in [0.4, 0.5) is 10.1 Å². The summed E-state index contributed by atoms with van der Waals surface area (Å²) in [4.78, 5) is 3.79. The fourth-order valence-corrected chi connectivity index (χ4v) is 3.06. The van der Waals surface area contributed by atoms with E-state index in [-0.39, 0.29) is 22.9 Å². The van der Waals surface area contributed by atoms with Gasteiger partial charge in [0.15, 0.2) is 0 Å². The van der Waals surface area contributed by atoms with Gasteiger partial charge in [0, 0.05) is 26.0 Å². The molecule has 0 spiro atoms. The highest BCUT2D eigenvalue weighted by Gasteiger charge is 2.24.